The highest BCUT2D eigenvalue weighted by atomic mass is 16.5. The number of aromatic nitrogens is 2. The van der Waals surface area contributed by atoms with Gasteiger partial charge in [0.05, 0.1) is 13.2 Å². The maximum absolute atomic E-state index is 11.5. The lowest BCUT2D eigenvalue weighted by Crippen LogP contribution is -3.12. The SMILES string of the molecule is CC(C)c1nc(C[NH+]2CCOCC2)cc(=O)[nH]1. The largest absolute Gasteiger partial charge is 0.370 e. The number of hydrogen-bond acceptors (Lipinski definition) is 3. The number of aromatic amines is 1. The van der Waals surface area contributed by atoms with Crippen molar-refractivity contribution in [2.75, 3.05) is 26.3 Å². The number of ether oxygens (including phenoxy) is 1. The molecular formula is C12H20N3O2+. The first-order valence-corrected chi connectivity index (χ1v) is 6.16. The van der Waals surface area contributed by atoms with Gasteiger partial charge in [0.25, 0.3) is 5.56 Å². The van der Waals surface area contributed by atoms with Crippen LogP contribution in [-0.4, -0.2) is 36.3 Å². The van der Waals surface area contributed by atoms with Crippen LogP contribution in [0.1, 0.15) is 31.3 Å². The molecule has 2 N–H and O–H groups in total. The minimum Gasteiger partial charge on any atom is -0.370 e. The summed E-state index contributed by atoms with van der Waals surface area (Å²) in [6, 6.07) is 1.61. The molecule has 5 heteroatoms. The first kappa shape index (κ1) is 12.3. The van der Waals surface area contributed by atoms with Crippen molar-refractivity contribution in [3.63, 3.8) is 0 Å². The Morgan fingerprint density at radius 3 is 2.82 bits per heavy atom. The van der Waals surface area contributed by atoms with E-state index in [9.17, 15) is 4.79 Å². The summed E-state index contributed by atoms with van der Waals surface area (Å²) in [5.41, 5.74) is 0.834. The maximum Gasteiger partial charge on any atom is 0.251 e. The third kappa shape index (κ3) is 3.38. The van der Waals surface area contributed by atoms with Gasteiger partial charge in [-0.15, -0.1) is 0 Å². The zero-order valence-corrected chi connectivity index (χ0v) is 10.5. The number of nitrogens with one attached hydrogen (secondary N) is 2. The molecule has 1 aromatic rings. The maximum atomic E-state index is 11.5. The fraction of sp³-hybridized carbons (Fsp3) is 0.667. The van der Waals surface area contributed by atoms with E-state index in [1.807, 2.05) is 13.8 Å². The number of quaternary nitrogens is 1. The first-order chi connectivity index (χ1) is 8.15. The van der Waals surface area contributed by atoms with E-state index in [-0.39, 0.29) is 11.5 Å². The van der Waals surface area contributed by atoms with Gasteiger partial charge in [-0.1, -0.05) is 13.8 Å². The van der Waals surface area contributed by atoms with Crippen molar-refractivity contribution in [2.45, 2.75) is 26.3 Å². The number of nitrogens with zero attached hydrogens (tertiary/aromatic N) is 1. The fourth-order valence-corrected chi connectivity index (χ4v) is 1.99. The van der Waals surface area contributed by atoms with Crippen LogP contribution >= 0.6 is 0 Å². The van der Waals surface area contributed by atoms with Crippen LogP contribution < -0.4 is 10.5 Å². The van der Waals surface area contributed by atoms with Crippen molar-refractivity contribution < 1.29 is 9.64 Å². The second kappa shape index (κ2) is 5.42. The first-order valence-electron chi connectivity index (χ1n) is 6.16. The van der Waals surface area contributed by atoms with Gasteiger partial charge in [-0.05, 0) is 0 Å². The van der Waals surface area contributed by atoms with E-state index in [1.54, 1.807) is 6.07 Å². The smallest absolute Gasteiger partial charge is 0.251 e. The number of morpholine rings is 1. The Morgan fingerprint density at radius 1 is 1.47 bits per heavy atom. The lowest BCUT2D eigenvalue weighted by molar-refractivity contribution is -0.921. The van der Waals surface area contributed by atoms with Gasteiger partial charge in [0.15, 0.2) is 0 Å². The second-order valence-electron chi connectivity index (χ2n) is 4.82. The third-order valence-electron chi connectivity index (χ3n) is 2.99. The summed E-state index contributed by atoms with van der Waals surface area (Å²) in [4.78, 5) is 20.3. The van der Waals surface area contributed by atoms with E-state index in [1.165, 1.54) is 4.90 Å². The molecule has 2 rings (SSSR count). The molecule has 94 valence electrons. The van der Waals surface area contributed by atoms with Crippen molar-refractivity contribution in [3.05, 3.63) is 27.9 Å². The van der Waals surface area contributed by atoms with Crippen molar-refractivity contribution in [1.29, 1.82) is 0 Å². The molecule has 0 amide bonds. The molecule has 0 saturated carbocycles. The average molecular weight is 238 g/mol. The summed E-state index contributed by atoms with van der Waals surface area (Å²) in [5, 5.41) is 0. The number of H-pyrrole nitrogens is 1. The van der Waals surface area contributed by atoms with Gasteiger partial charge in [0.2, 0.25) is 0 Å². The van der Waals surface area contributed by atoms with Crippen LogP contribution in [0.4, 0.5) is 0 Å². The predicted molar refractivity (Wildman–Crippen MR) is 64.2 cm³/mol. The molecule has 0 unspecified atom stereocenters. The molecule has 1 aromatic heterocycles. The summed E-state index contributed by atoms with van der Waals surface area (Å²) >= 11 is 0. The van der Waals surface area contributed by atoms with Crippen LogP contribution in [-0.2, 0) is 11.3 Å². The predicted octanol–water partition coefficient (Wildman–Crippen LogP) is -0.692. The number of rotatable bonds is 3. The van der Waals surface area contributed by atoms with Crippen LogP contribution in [0, 0.1) is 0 Å². The Bertz CT molecular complexity index is 422. The highest BCUT2D eigenvalue weighted by molar-refractivity contribution is 5.03. The van der Waals surface area contributed by atoms with E-state index in [4.69, 9.17) is 4.74 Å². The Kier molecular flexibility index (Phi) is 3.91. The van der Waals surface area contributed by atoms with Crippen molar-refractivity contribution >= 4 is 0 Å². The fourth-order valence-electron chi connectivity index (χ4n) is 1.99. The summed E-state index contributed by atoms with van der Waals surface area (Å²) < 4.78 is 5.31. The molecule has 5 nitrogen and oxygen atoms in total. The average Bonchev–Trinajstić information content (AvgIpc) is 2.29. The van der Waals surface area contributed by atoms with E-state index in [2.05, 4.69) is 9.97 Å². The van der Waals surface area contributed by atoms with E-state index < -0.39 is 0 Å². The van der Waals surface area contributed by atoms with Crippen LogP contribution in [0.3, 0.4) is 0 Å². The van der Waals surface area contributed by atoms with Crippen LogP contribution in [0.15, 0.2) is 10.9 Å². The van der Waals surface area contributed by atoms with Gasteiger partial charge in [0.1, 0.15) is 31.2 Å². The van der Waals surface area contributed by atoms with Gasteiger partial charge in [-0.3, -0.25) is 4.79 Å². The molecule has 0 radical (unpaired) electrons. The lowest BCUT2D eigenvalue weighted by atomic mass is 10.2. The standard InChI is InChI=1S/C12H19N3O2/c1-9(2)12-13-10(7-11(16)14-12)8-15-3-5-17-6-4-15/h7,9H,3-6,8H2,1-2H3,(H,13,14,16)/p+1. The molecule has 0 aliphatic carbocycles. The zero-order chi connectivity index (χ0) is 12.3. The highest BCUT2D eigenvalue weighted by Crippen LogP contribution is 2.06. The molecule has 17 heavy (non-hydrogen) atoms. The molecular weight excluding hydrogens is 218 g/mol. The Balaban J connectivity index is 2.11. The molecule has 0 aromatic carbocycles. The summed E-state index contributed by atoms with van der Waals surface area (Å²) in [7, 11) is 0. The minimum absolute atomic E-state index is 0.0497. The summed E-state index contributed by atoms with van der Waals surface area (Å²) in [6.07, 6.45) is 0. The lowest BCUT2D eigenvalue weighted by Gasteiger charge is -2.23. The number of hydrogen-bond donors (Lipinski definition) is 2. The van der Waals surface area contributed by atoms with Crippen molar-refractivity contribution in [1.82, 2.24) is 9.97 Å². The van der Waals surface area contributed by atoms with E-state index >= 15 is 0 Å². The van der Waals surface area contributed by atoms with Gasteiger partial charge in [0, 0.05) is 12.0 Å². The summed E-state index contributed by atoms with van der Waals surface area (Å²) in [5.74, 6) is 1.03. The molecule has 1 saturated heterocycles. The van der Waals surface area contributed by atoms with Gasteiger partial charge >= 0.3 is 0 Å². The van der Waals surface area contributed by atoms with Crippen LogP contribution in [0.25, 0.3) is 0 Å². The molecule has 0 bridgehead atoms. The van der Waals surface area contributed by atoms with E-state index in [0.29, 0.717) is 0 Å². The molecule has 2 heterocycles. The molecule has 0 spiro atoms. The Morgan fingerprint density at radius 2 is 2.18 bits per heavy atom. The van der Waals surface area contributed by atoms with E-state index in [0.717, 1.165) is 44.4 Å². The quantitative estimate of drug-likeness (QED) is 0.733. The van der Waals surface area contributed by atoms with Crippen LogP contribution in [0.5, 0.6) is 0 Å². The monoisotopic (exact) mass is 238 g/mol. The normalized spacial score (nSPS) is 17.6. The molecule has 1 fully saturated rings. The third-order valence-corrected chi connectivity index (χ3v) is 2.99. The second-order valence-corrected chi connectivity index (χ2v) is 4.82. The Hall–Kier alpha value is -1.20. The molecule has 1 aliphatic heterocycles. The van der Waals surface area contributed by atoms with Gasteiger partial charge in [-0.25, -0.2) is 4.98 Å². The van der Waals surface area contributed by atoms with Gasteiger partial charge in [-0.2, -0.15) is 0 Å². The highest BCUT2D eigenvalue weighted by Gasteiger charge is 2.16. The van der Waals surface area contributed by atoms with Gasteiger partial charge < -0.3 is 14.6 Å². The topological polar surface area (TPSA) is 59.4 Å². The summed E-state index contributed by atoms with van der Waals surface area (Å²) in [6.45, 7) is 8.46. The molecule has 0 atom stereocenters. The van der Waals surface area contributed by atoms with Crippen LogP contribution in [0.2, 0.25) is 0 Å². The van der Waals surface area contributed by atoms with Crippen molar-refractivity contribution in [3.8, 4) is 0 Å². The van der Waals surface area contributed by atoms with Crippen molar-refractivity contribution in [2.24, 2.45) is 0 Å². The molecule has 1 aliphatic rings. The minimum atomic E-state index is -0.0497. The Labute approximate surface area is 101 Å². The zero-order valence-electron chi connectivity index (χ0n) is 10.5.